The first-order valence-corrected chi connectivity index (χ1v) is 5.29. The largest absolute Gasteiger partial charge is 0.314 e. The van der Waals surface area contributed by atoms with E-state index < -0.39 is 5.41 Å². The number of hydrogen-bond acceptors (Lipinski definition) is 2. The lowest BCUT2D eigenvalue weighted by Crippen LogP contribution is -2.33. The number of hydrogen-bond donors (Lipinski definition) is 0. The number of carbonyl (C=O) groups is 2. The lowest BCUT2D eigenvalue weighted by atomic mass is 9.86. The number of ketones is 1. The summed E-state index contributed by atoms with van der Waals surface area (Å²) in [5.41, 5.74) is 2.00. The van der Waals surface area contributed by atoms with E-state index >= 15 is 0 Å². The van der Waals surface area contributed by atoms with Crippen LogP contribution in [0.1, 0.15) is 36.7 Å². The summed E-state index contributed by atoms with van der Waals surface area (Å²) in [4.78, 5) is 24.9. The highest BCUT2D eigenvalue weighted by molar-refractivity contribution is 6.08. The number of amides is 1. The molecule has 1 heterocycles. The van der Waals surface area contributed by atoms with Crippen molar-refractivity contribution in [2.24, 2.45) is 0 Å². The predicted octanol–water partition coefficient (Wildman–Crippen LogP) is 2.14. The fourth-order valence-electron chi connectivity index (χ4n) is 2.20. The highest BCUT2D eigenvalue weighted by Crippen LogP contribution is 2.40. The van der Waals surface area contributed by atoms with Gasteiger partial charge in [-0.3, -0.25) is 9.59 Å². The molecule has 1 aromatic rings. The molecule has 0 radical (unpaired) electrons. The summed E-state index contributed by atoms with van der Waals surface area (Å²) in [5, 5.41) is 0. The van der Waals surface area contributed by atoms with Gasteiger partial charge in [-0.2, -0.15) is 0 Å². The van der Waals surface area contributed by atoms with E-state index in [0.717, 1.165) is 11.3 Å². The molecule has 3 nitrogen and oxygen atoms in total. The number of carbonyl (C=O) groups excluding carboxylic acids is 2. The molecule has 1 aliphatic heterocycles. The van der Waals surface area contributed by atoms with Crippen LogP contribution in [-0.4, -0.2) is 18.7 Å². The van der Waals surface area contributed by atoms with Crippen LogP contribution in [-0.2, 0) is 10.2 Å². The second-order valence-corrected chi connectivity index (χ2v) is 4.78. The molecule has 0 bridgehead atoms. The minimum absolute atomic E-state index is 0.0216. The van der Waals surface area contributed by atoms with Crippen LogP contribution in [0.4, 0.5) is 5.69 Å². The van der Waals surface area contributed by atoms with E-state index in [4.69, 9.17) is 0 Å². The Morgan fingerprint density at radius 3 is 2.50 bits per heavy atom. The molecule has 0 spiro atoms. The van der Waals surface area contributed by atoms with E-state index in [9.17, 15) is 9.59 Å². The Morgan fingerprint density at radius 2 is 1.94 bits per heavy atom. The Kier molecular flexibility index (Phi) is 2.15. The van der Waals surface area contributed by atoms with Crippen molar-refractivity contribution < 1.29 is 9.59 Å². The zero-order valence-electron chi connectivity index (χ0n) is 10.00. The molecule has 0 N–H and O–H groups in total. The number of nitrogens with zero attached hydrogens (tertiary/aromatic N) is 1. The number of rotatable bonds is 1. The van der Waals surface area contributed by atoms with E-state index in [1.807, 2.05) is 19.9 Å². The quantitative estimate of drug-likeness (QED) is 0.676. The molecule has 0 unspecified atom stereocenters. The van der Waals surface area contributed by atoms with Crippen molar-refractivity contribution in [3.63, 3.8) is 0 Å². The molecular formula is C13H15NO2. The van der Waals surface area contributed by atoms with E-state index in [0.29, 0.717) is 5.56 Å². The number of likely N-dealkylation sites (N-methyl/N-ethyl adjacent to an activating group) is 1. The van der Waals surface area contributed by atoms with Crippen LogP contribution in [0.3, 0.4) is 0 Å². The van der Waals surface area contributed by atoms with E-state index in [1.165, 1.54) is 6.92 Å². The SMILES string of the molecule is CC(=O)c1ccc2c(c1)N(C)C(=O)C2(C)C. The van der Waals surface area contributed by atoms with Crippen molar-refractivity contribution in [2.45, 2.75) is 26.2 Å². The third-order valence-electron chi connectivity index (χ3n) is 3.28. The third-order valence-corrected chi connectivity index (χ3v) is 3.28. The molecule has 1 amide bonds. The molecule has 0 aliphatic carbocycles. The van der Waals surface area contributed by atoms with Gasteiger partial charge in [-0.05, 0) is 32.4 Å². The smallest absolute Gasteiger partial charge is 0.236 e. The molecule has 0 fully saturated rings. The average Bonchev–Trinajstić information content (AvgIpc) is 2.40. The molecule has 0 saturated heterocycles. The van der Waals surface area contributed by atoms with Gasteiger partial charge in [-0.15, -0.1) is 0 Å². The number of fused-ring (bicyclic) bond motifs is 1. The summed E-state index contributed by atoms with van der Waals surface area (Å²) < 4.78 is 0. The van der Waals surface area contributed by atoms with Gasteiger partial charge in [-0.25, -0.2) is 0 Å². The molecule has 2 rings (SSSR count). The molecule has 1 aromatic carbocycles. The van der Waals surface area contributed by atoms with E-state index in [-0.39, 0.29) is 11.7 Å². The fraction of sp³-hybridized carbons (Fsp3) is 0.385. The molecule has 84 valence electrons. The minimum atomic E-state index is -0.487. The van der Waals surface area contributed by atoms with Crippen LogP contribution in [0.5, 0.6) is 0 Å². The van der Waals surface area contributed by atoms with Crippen molar-refractivity contribution in [1.82, 2.24) is 0 Å². The maximum Gasteiger partial charge on any atom is 0.236 e. The van der Waals surface area contributed by atoms with Gasteiger partial charge < -0.3 is 4.90 Å². The first-order chi connectivity index (χ1) is 7.35. The molecule has 16 heavy (non-hydrogen) atoms. The van der Waals surface area contributed by atoms with Gasteiger partial charge >= 0.3 is 0 Å². The van der Waals surface area contributed by atoms with Gasteiger partial charge in [0.05, 0.1) is 5.41 Å². The number of anilines is 1. The second kappa shape index (κ2) is 3.17. The molecule has 0 saturated carbocycles. The van der Waals surface area contributed by atoms with Crippen molar-refractivity contribution in [2.75, 3.05) is 11.9 Å². The van der Waals surface area contributed by atoms with Crippen LogP contribution in [0.15, 0.2) is 18.2 Å². The maximum atomic E-state index is 12.0. The minimum Gasteiger partial charge on any atom is -0.314 e. The first-order valence-electron chi connectivity index (χ1n) is 5.29. The molecular weight excluding hydrogens is 202 g/mol. The summed E-state index contributed by atoms with van der Waals surface area (Å²) in [7, 11) is 1.75. The normalized spacial score (nSPS) is 17.5. The van der Waals surface area contributed by atoms with Gasteiger partial charge in [0.25, 0.3) is 0 Å². The van der Waals surface area contributed by atoms with Crippen LogP contribution in [0.2, 0.25) is 0 Å². The highest BCUT2D eigenvalue weighted by Gasteiger charge is 2.42. The molecule has 1 aliphatic rings. The van der Waals surface area contributed by atoms with Crippen LogP contribution < -0.4 is 4.90 Å². The molecule has 0 aromatic heterocycles. The van der Waals surface area contributed by atoms with Crippen LogP contribution >= 0.6 is 0 Å². The zero-order valence-corrected chi connectivity index (χ0v) is 10.00. The lowest BCUT2D eigenvalue weighted by Gasteiger charge is -2.16. The summed E-state index contributed by atoms with van der Waals surface area (Å²) in [6.45, 7) is 5.35. The first kappa shape index (κ1) is 10.9. The van der Waals surface area contributed by atoms with Crippen molar-refractivity contribution in [3.05, 3.63) is 29.3 Å². The van der Waals surface area contributed by atoms with Crippen molar-refractivity contribution >= 4 is 17.4 Å². The summed E-state index contributed by atoms with van der Waals surface area (Å²) in [6, 6.07) is 5.47. The Hall–Kier alpha value is -1.64. The highest BCUT2D eigenvalue weighted by atomic mass is 16.2. The van der Waals surface area contributed by atoms with Gasteiger partial charge in [0.15, 0.2) is 5.78 Å². The Morgan fingerprint density at radius 1 is 1.31 bits per heavy atom. The third kappa shape index (κ3) is 1.28. The number of benzene rings is 1. The molecule has 3 heteroatoms. The standard InChI is InChI=1S/C13H15NO2/c1-8(15)9-5-6-10-11(7-9)14(4)12(16)13(10,2)3/h5-7H,1-4H3. The predicted molar refractivity (Wildman–Crippen MR) is 62.9 cm³/mol. The van der Waals surface area contributed by atoms with Gasteiger partial charge in [0, 0.05) is 18.3 Å². The number of Topliss-reactive ketones (excluding diaryl/α,β-unsaturated/α-hetero) is 1. The van der Waals surface area contributed by atoms with Gasteiger partial charge in [0.2, 0.25) is 5.91 Å². The summed E-state index contributed by atoms with van der Waals surface area (Å²) in [5.74, 6) is 0.0940. The lowest BCUT2D eigenvalue weighted by molar-refractivity contribution is -0.121. The Labute approximate surface area is 95.1 Å². The second-order valence-electron chi connectivity index (χ2n) is 4.78. The monoisotopic (exact) mass is 217 g/mol. The fourth-order valence-corrected chi connectivity index (χ4v) is 2.20. The average molecular weight is 217 g/mol. The maximum absolute atomic E-state index is 12.0. The molecule has 0 atom stereocenters. The van der Waals surface area contributed by atoms with Crippen LogP contribution in [0, 0.1) is 0 Å². The summed E-state index contributed by atoms with van der Waals surface area (Å²) >= 11 is 0. The Bertz CT molecular complexity index is 489. The topological polar surface area (TPSA) is 37.4 Å². The summed E-state index contributed by atoms with van der Waals surface area (Å²) in [6.07, 6.45) is 0. The Balaban J connectivity index is 2.63. The van der Waals surface area contributed by atoms with E-state index in [1.54, 1.807) is 24.1 Å². The van der Waals surface area contributed by atoms with E-state index in [2.05, 4.69) is 0 Å². The van der Waals surface area contributed by atoms with Crippen molar-refractivity contribution in [3.8, 4) is 0 Å². The van der Waals surface area contributed by atoms with Crippen molar-refractivity contribution in [1.29, 1.82) is 0 Å². The van der Waals surface area contributed by atoms with Gasteiger partial charge in [0.1, 0.15) is 0 Å². The van der Waals surface area contributed by atoms with Crippen LogP contribution in [0.25, 0.3) is 0 Å². The zero-order chi connectivity index (χ0) is 12.1. The van der Waals surface area contributed by atoms with Gasteiger partial charge in [-0.1, -0.05) is 12.1 Å².